The quantitative estimate of drug-likeness (QED) is 0.836. The van der Waals surface area contributed by atoms with Gasteiger partial charge in [0, 0.05) is 19.0 Å². The molecule has 2 aliphatic rings. The molecule has 0 radical (unpaired) electrons. The lowest BCUT2D eigenvalue weighted by molar-refractivity contribution is 0.230. The first kappa shape index (κ1) is 14.6. The molecule has 0 amide bonds. The predicted octanol–water partition coefficient (Wildman–Crippen LogP) is 2.57. The molecular formula is C16H26N4O. The minimum atomic E-state index is 0.545. The van der Waals surface area contributed by atoms with Gasteiger partial charge in [0.15, 0.2) is 0 Å². The fraction of sp³-hybridized carbons (Fsp3) is 0.750. The van der Waals surface area contributed by atoms with Crippen LogP contribution in [0, 0.1) is 6.92 Å². The molecule has 116 valence electrons. The first-order valence-corrected chi connectivity index (χ1v) is 8.25. The van der Waals surface area contributed by atoms with Gasteiger partial charge >= 0.3 is 0 Å². The highest BCUT2D eigenvalue weighted by Crippen LogP contribution is 2.39. The fourth-order valence-corrected chi connectivity index (χ4v) is 2.79. The van der Waals surface area contributed by atoms with Gasteiger partial charge in [-0.2, -0.15) is 4.98 Å². The van der Waals surface area contributed by atoms with Gasteiger partial charge in [-0.3, -0.25) is 4.90 Å². The van der Waals surface area contributed by atoms with Gasteiger partial charge in [-0.1, -0.05) is 0 Å². The lowest BCUT2D eigenvalue weighted by Gasteiger charge is -2.17. The zero-order chi connectivity index (χ0) is 14.7. The molecule has 21 heavy (non-hydrogen) atoms. The van der Waals surface area contributed by atoms with Gasteiger partial charge in [0.1, 0.15) is 18.2 Å². The van der Waals surface area contributed by atoms with Gasteiger partial charge < -0.3 is 10.1 Å². The van der Waals surface area contributed by atoms with Crippen molar-refractivity contribution in [2.45, 2.75) is 45.4 Å². The SMILES string of the molecule is CCNc1nc(C2CC2)nc(OCCN2CCCC2)c1C. The molecule has 0 atom stereocenters. The minimum absolute atomic E-state index is 0.545. The molecule has 1 saturated carbocycles. The van der Waals surface area contributed by atoms with E-state index in [-0.39, 0.29) is 0 Å². The van der Waals surface area contributed by atoms with Crippen LogP contribution in [0.15, 0.2) is 0 Å². The average molecular weight is 290 g/mol. The number of nitrogens with one attached hydrogen (secondary N) is 1. The van der Waals surface area contributed by atoms with E-state index in [0.29, 0.717) is 12.5 Å². The second-order valence-corrected chi connectivity index (χ2v) is 6.06. The monoisotopic (exact) mass is 290 g/mol. The molecule has 1 aromatic heterocycles. The van der Waals surface area contributed by atoms with Gasteiger partial charge in [-0.25, -0.2) is 4.98 Å². The van der Waals surface area contributed by atoms with Crippen molar-refractivity contribution in [2.24, 2.45) is 0 Å². The van der Waals surface area contributed by atoms with Crippen LogP contribution in [0.4, 0.5) is 5.82 Å². The van der Waals surface area contributed by atoms with Crippen LogP contribution in [-0.2, 0) is 0 Å². The second-order valence-electron chi connectivity index (χ2n) is 6.06. The summed E-state index contributed by atoms with van der Waals surface area (Å²) >= 11 is 0. The number of ether oxygens (including phenoxy) is 1. The molecule has 0 spiro atoms. The lowest BCUT2D eigenvalue weighted by Crippen LogP contribution is -2.25. The van der Waals surface area contributed by atoms with Gasteiger partial charge in [0.05, 0.1) is 5.56 Å². The number of hydrogen-bond donors (Lipinski definition) is 1. The maximum absolute atomic E-state index is 5.97. The summed E-state index contributed by atoms with van der Waals surface area (Å²) in [6.07, 6.45) is 5.07. The van der Waals surface area contributed by atoms with Crippen LogP contribution in [0.25, 0.3) is 0 Å². The Morgan fingerprint density at radius 3 is 2.67 bits per heavy atom. The summed E-state index contributed by atoms with van der Waals surface area (Å²) in [6.45, 7) is 9.14. The number of likely N-dealkylation sites (tertiary alicyclic amines) is 1. The zero-order valence-electron chi connectivity index (χ0n) is 13.2. The Morgan fingerprint density at radius 1 is 1.24 bits per heavy atom. The van der Waals surface area contributed by atoms with Gasteiger partial charge in [-0.05, 0) is 52.6 Å². The fourth-order valence-electron chi connectivity index (χ4n) is 2.79. The summed E-state index contributed by atoms with van der Waals surface area (Å²) in [5.74, 6) is 3.20. The van der Waals surface area contributed by atoms with Gasteiger partial charge in [-0.15, -0.1) is 0 Å². The largest absolute Gasteiger partial charge is 0.476 e. The Balaban J connectivity index is 1.66. The van der Waals surface area contributed by atoms with Crippen LogP contribution < -0.4 is 10.1 Å². The first-order chi connectivity index (χ1) is 10.3. The van der Waals surface area contributed by atoms with Gasteiger partial charge in [0.25, 0.3) is 0 Å². The van der Waals surface area contributed by atoms with Crippen molar-refractivity contribution in [3.63, 3.8) is 0 Å². The molecule has 1 aliphatic carbocycles. The Morgan fingerprint density at radius 2 is 2.00 bits per heavy atom. The normalized spacial score (nSPS) is 19.0. The minimum Gasteiger partial charge on any atom is -0.476 e. The summed E-state index contributed by atoms with van der Waals surface area (Å²) in [4.78, 5) is 11.8. The van der Waals surface area contributed by atoms with E-state index in [9.17, 15) is 0 Å². The van der Waals surface area contributed by atoms with Crippen molar-refractivity contribution in [3.05, 3.63) is 11.4 Å². The van der Waals surface area contributed by atoms with E-state index in [1.807, 2.05) is 6.92 Å². The molecule has 1 saturated heterocycles. The summed E-state index contributed by atoms with van der Waals surface area (Å²) < 4.78 is 5.97. The molecule has 2 heterocycles. The van der Waals surface area contributed by atoms with Crippen molar-refractivity contribution in [1.29, 1.82) is 0 Å². The molecule has 5 heteroatoms. The van der Waals surface area contributed by atoms with E-state index in [4.69, 9.17) is 4.74 Å². The molecule has 0 aromatic carbocycles. The number of anilines is 1. The predicted molar refractivity (Wildman–Crippen MR) is 84.1 cm³/mol. The van der Waals surface area contributed by atoms with Crippen LogP contribution in [0.2, 0.25) is 0 Å². The molecule has 2 fully saturated rings. The Labute approximate surface area is 127 Å². The third-order valence-corrected chi connectivity index (χ3v) is 4.25. The number of nitrogens with zero attached hydrogens (tertiary/aromatic N) is 3. The van der Waals surface area contributed by atoms with E-state index in [2.05, 4.69) is 27.1 Å². The molecule has 1 aliphatic heterocycles. The first-order valence-electron chi connectivity index (χ1n) is 8.25. The van der Waals surface area contributed by atoms with Crippen LogP contribution >= 0.6 is 0 Å². The van der Waals surface area contributed by atoms with Crippen LogP contribution in [-0.4, -0.2) is 47.7 Å². The molecule has 0 bridgehead atoms. The van der Waals surface area contributed by atoms with E-state index >= 15 is 0 Å². The Hall–Kier alpha value is -1.36. The molecule has 1 aromatic rings. The highest BCUT2D eigenvalue weighted by Gasteiger charge is 2.28. The van der Waals surface area contributed by atoms with Crippen LogP contribution in [0.5, 0.6) is 5.88 Å². The number of rotatable bonds is 7. The second kappa shape index (κ2) is 6.60. The van der Waals surface area contributed by atoms with E-state index in [0.717, 1.165) is 36.2 Å². The highest BCUT2D eigenvalue weighted by atomic mass is 16.5. The molecule has 0 unspecified atom stereocenters. The van der Waals surface area contributed by atoms with Gasteiger partial charge in [0.2, 0.25) is 5.88 Å². The number of aromatic nitrogens is 2. The highest BCUT2D eigenvalue weighted by molar-refractivity contribution is 5.49. The third-order valence-electron chi connectivity index (χ3n) is 4.25. The van der Waals surface area contributed by atoms with E-state index < -0.39 is 0 Å². The van der Waals surface area contributed by atoms with Crippen molar-refractivity contribution < 1.29 is 4.74 Å². The maximum atomic E-state index is 5.97. The van der Waals surface area contributed by atoms with E-state index in [1.165, 1.54) is 38.8 Å². The van der Waals surface area contributed by atoms with Crippen molar-refractivity contribution >= 4 is 5.82 Å². The van der Waals surface area contributed by atoms with Crippen molar-refractivity contribution in [2.75, 3.05) is 38.1 Å². The number of hydrogen-bond acceptors (Lipinski definition) is 5. The lowest BCUT2D eigenvalue weighted by atomic mass is 10.3. The standard InChI is InChI=1S/C16H26N4O/c1-3-17-14-12(2)16(19-15(18-14)13-6-7-13)21-11-10-20-8-4-5-9-20/h13H,3-11H2,1-2H3,(H,17,18,19). The molecular weight excluding hydrogens is 264 g/mol. The Kier molecular flexibility index (Phi) is 4.58. The Bertz CT molecular complexity index is 481. The summed E-state index contributed by atoms with van der Waals surface area (Å²) in [7, 11) is 0. The maximum Gasteiger partial charge on any atom is 0.221 e. The average Bonchev–Trinajstić information content (AvgIpc) is 3.20. The zero-order valence-corrected chi connectivity index (χ0v) is 13.2. The van der Waals surface area contributed by atoms with Crippen molar-refractivity contribution in [1.82, 2.24) is 14.9 Å². The summed E-state index contributed by atoms with van der Waals surface area (Å²) in [5.41, 5.74) is 1.03. The van der Waals surface area contributed by atoms with Crippen molar-refractivity contribution in [3.8, 4) is 5.88 Å². The summed E-state index contributed by atoms with van der Waals surface area (Å²) in [5, 5.41) is 3.33. The summed E-state index contributed by atoms with van der Waals surface area (Å²) in [6, 6.07) is 0. The van der Waals surface area contributed by atoms with Crippen LogP contribution in [0.3, 0.4) is 0 Å². The molecule has 1 N–H and O–H groups in total. The molecule has 5 nitrogen and oxygen atoms in total. The molecule has 3 rings (SSSR count). The smallest absolute Gasteiger partial charge is 0.221 e. The topological polar surface area (TPSA) is 50.3 Å². The van der Waals surface area contributed by atoms with E-state index in [1.54, 1.807) is 0 Å². The van der Waals surface area contributed by atoms with Crippen LogP contribution in [0.1, 0.15) is 49.9 Å². The third kappa shape index (κ3) is 3.64.